The number of carbonyl (C=O) groups excluding carboxylic acids is 1. The van der Waals surface area contributed by atoms with Crippen molar-refractivity contribution in [3.63, 3.8) is 0 Å². The third-order valence-corrected chi connectivity index (χ3v) is 3.95. The first-order valence-electron chi connectivity index (χ1n) is 6.73. The van der Waals surface area contributed by atoms with Crippen molar-refractivity contribution < 1.29 is 4.79 Å². The summed E-state index contributed by atoms with van der Waals surface area (Å²) in [6.07, 6.45) is 0. The van der Waals surface area contributed by atoms with Gasteiger partial charge in [0.15, 0.2) is 0 Å². The number of nitrogens with zero attached hydrogens (tertiary/aromatic N) is 1. The Labute approximate surface area is 153 Å². The second kappa shape index (κ2) is 10.5. The molecular formula is C14H21Cl4N3O. The Bertz CT molecular complexity index is 481. The highest BCUT2D eigenvalue weighted by Gasteiger charge is 2.16. The molecule has 0 radical (unpaired) electrons. The standard InChI is InChI=1S/C14H19Cl2N3O.2ClH/c1-10(12-3-2-11(15)8-13(12)16)18-14(20)9-19-6-4-17-5-7-19;;/h2-3,8,10,17H,4-7,9H2,1H3,(H,18,20);2*1H. The molecule has 2 N–H and O–H groups in total. The van der Waals surface area contributed by atoms with Gasteiger partial charge >= 0.3 is 0 Å². The summed E-state index contributed by atoms with van der Waals surface area (Å²) in [5, 5.41) is 7.41. The van der Waals surface area contributed by atoms with E-state index in [4.69, 9.17) is 23.2 Å². The average Bonchev–Trinajstić information content (AvgIpc) is 2.39. The van der Waals surface area contributed by atoms with Gasteiger partial charge in [-0.25, -0.2) is 0 Å². The number of amides is 1. The van der Waals surface area contributed by atoms with Crippen LogP contribution in [0.15, 0.2) is 18.2 Å². The molecule has 1 saturated heterocycles. The van der Waals surface area contributed by atoms with Gasteiger partial charge in [-0.2, -0.15) is 0 Å². The summed E-state index contributed by atoms with van der Waals surface area (Å²) < 4.78 is 0. The fourth-order valence-electron chi connectivity index (χ4n) is 2.29. The van der Waals surface area contributed by atoms with Crippen LogP contribution in [0, 0.1) is 0 Å². The Balaban J connectivity index is 0.00000220. The molecule has 1 aromatic carbocycles. The number of halogens is 4. The van der Waals surface area contributed by atoms with Crippen LogP contribution in [0.25, 0.3) is 0 Å². The van der Waals surface area contributed by atoms with E-state index in [9.17, 15) is 4.79 Å². The van der Waals surface area contributed by atoms with E-state index in [1.54, 1.807) is 12.1 Å². The minimum Gasteiger partial charge on any atom is -0.348 e. The van der Waals surface area contributed by atoms with Crippen LogP contribution in [0.1, 0.15) is 18.5 Å². The van der Waals surface area contributed by atoms with Gasteiger partial charge in [0.25, 0.3) is 0 Å². The van der Waals surface area contributed by atoms with Crippen molar-refractivity contribution in [2.24, 2.45) is 0 Å². The molecule has 4 nitrogen and oxygen atoms in total. The summed E-state index contributed by atoms with van der Waals surface area (Å²) in [7, 11) is 0. The van der Waals surface area contributed by atoms with Crippen LogP contribution in [0.3, 0.4) is 0 Å². The average molecular weight is 389 g/mol. The molecule has 0 spiro atoms. The summed E-state index contributed by atoms with van der Waals surface area (Å²) in [5.74, 6) is 0.0189. The third-order valence-electron chi connectivity index (χ3n) is 3.38. The van der Waals surface area contributed by atoms with Gasteiger partial charge in [0.2, 0.25) is 5.91 Å². The van der Waals surface area contributed by atoms with E-state index < -0.39 is 0 Å². The van der Waals surface area contributed by atoms with Gasteiger partial charge < -0.3 is 10.6 Å². The van der Waals surface area contributed by atoms with Crippen molar-refractivity contribution in [3.8, 4) is 0 Å². The smallest absolute Gasteiger partial charge is 0.234 e. The van der Waals surface area contributed by atoms with Gasteiger partial charge in [-0.3, -0.25) is 9.69 Å². The fourth-order valence-corrected chi connectivity index (χ4v) is 2.86. The quantitative estimate of drug-likeness (QED) is 0.833. The molecule has 1 aliphatic rings. The number of hydrogen-bond donors (Lipinski definition) is 2. The molecule has 1 atom stereocenters. The number of carbonyl (C=O) groups is 1. The Morgan fingerprint density at radius 1 is 1.32 bits per heavy atom. The molecule has 1 fully saturated rings. The molecule has 0 aromatic heterocycles. The molecular weight excluding hydrogens is 368 g/mol. The van der Waals surface area contributed by atoms with Crippen molar-refractivity contribution in [2.75, 3.05) is 32.7 Å². The predicted molar refractivity (Wildman–Crippen MR) is 96.8 cm³/mol. The van der Waals surface area contributed by atoms with E-state index in [-0.39, 0.29) is 36.8 Å². The number of nitrogens with one attached hydrogen (secondary N) is 2. The van der Waals surface area contributed by atoms with Crippen molar-refractivity contribution in [1.29, 1.82) is 0 Å². The van der Waals surface area contributed by atoms with Crippen LogP contribution >= 0.6 is 48.0 Å². The summed E-state index contributed by atoms with van der Waals surface area (Å²) in [5.41, 5.74) is 0.879. The summed E-state index contributed by atoms with van der Waals surface area (Å²) in [6.45, 7) is 6.03. The van der Waals surface area contributed by atoms with Crippen molar-refractivity contribution in [1.82, 2.24) is 15.5 Å². The lowest BCUT2D eigenvalue weighted by Gasteiger charge is -2.27. The van der Waals surface area contributed by atoms with E-state index >= 15 is 0 Å². The SMILES string of the molecule is CC(NC(=O)CN1CCNCC1)c1ccc(Cl)cc1Cl.Cl.Cl. The maximum Gasteiger partial charge on any atom is 0.234 e. The fraction of sp³-hybridized carbons (Fsp3) is 0.500. The molecule has 0 bridgehead atoms. The predicted octanol–water partition coefficient (Wildman–Crippen LogP) is 2.92. The Hall–Kier alpha value is -0.230. The molecule has 1 amide bonds. The molecule has 8 heteroatoms. The van der Waals surface area contributed by atoms with Crippen LogP contribution in [0.5, 0.6) is 0 Å². The highest BCUT2D eigenvalue weighted by atomic mass is 35.5. The molecule has 1 aliphatic heterocycles. The monoisotopic (exact) mass is 387 g/mol. The van der Waals surface area contributed by atoms with E-state index in [0.717, 1.165) is 31.7 Å². The first-order valence-corrected chi connectivity index (χ1v) is 7.49. The lowest BCUT2D eigenvalue weighted by Crippen LogP contribution is -2.47. The first-order chi connectivity index (χ1) is 9.56. The van der Waals surface area contributed by atoms with E-state index in [2.05, 4.69) is 15.5 Å². The van der Waals surface area contributed by atoms with Gasteiger partial charge in [0.05, 0.1) is 12.6 Å². The number of rotatable bonds is 4. The lowest BCUT2D eigenvalue weighted by molar-refractivity contribution is -0.123. The number of benzene rings is 1. The Morgan fingerprint density at radius 2 is 1.95 bits per heavy atom. The maximum atomic E-state index is 12.0. The largest absolute Gasteiger partial charge is 0.348 e. The van der Waals surface area contributed by atoms with E-state index in [1.165, 1.54) is 0 Å². The molecule has 0 saturated carbocycles. The van der Waals surface area contributed by atoms with Gasteiger partial charge in [-0.1, -0.05) is 29.3 Å². The first kappa shape index (κ1) is 21.8. The van der Waals surface area contributed by atoms with Gasteiger partial charge in [-0.05, 0) is 24.6 Å². The molecule has 1 heterocycles. The molecule has 0 aliphatic carbocycles. The number of piperazine rings is 1. The van der Waals surface area contributed by atoms with Crippen molar-refractivity contribution >= 4 is 53.9 Å². The minimum atomic E-state index is -0.129. The Morgan fingerprint density at radius 3 is 2.55 bits per heavy atom. The molecule has 1 unspecified atom stereocenters. The topological polar surface area (TPSA) is 44.4 Å². The molecule has 2 rings (SSSR count). The maximum absolute atomic E-state index is 12.0. The summed E-state index contributed by atoms with van der Waals surface area (Å²) >= 11 is 12.0. The number of hydrogen-bond acceptors (Lipinski definition) is 3. The second-order valence-corrected chi connectivity index (χ2v) is 5.82. The van der Waals surface area contributed by atoms with Gasteiger partial charge in [-0.15, -0.1) is 24.8 Å². The van der Waals surface area contributed by atoms with E-state index in [0.29, 0.717) is 16.6 Å². The zero-order valence-electron chi connectivity index (χ0n) is 12.3. The van der Waals surface area contributed by atoms with E-state index in [1.807, 2.05) is 13.0 Å². The summed E-state index contributed by atoms with van der Waals surface area (Å²) in [4.78, 5) is 14.2. The van der Waals surface area contributed by atoms with Crippen LogP contribution in [0.2, 0.25) is 10.0 Å². The van der Waals surface area contributed by atoms with Crippen molar-refractivity contribution in [2.45, 2.75) is 13.0 Å². The molecule has 126 valence electrons. The zero-order chi connectivity index (χ0) is 14.5. The molecule has 22 heavy (non-hydrogen) atoms. The third kappa shape index (κ3) is 6.49. The highest BCUT2D eigenvalue weighted by Crippen LogP contribution is 2.25. The molecule has 1 aromatic rings. The van der Waals surface area contributed by atoms with Crippen LogP contribution in [0.4, 0.5) is 0 Å². The minimum absolute atomic E-state index is 0. The van der Waals surface area contributed by atoms with Crippen molar-refractivity contribution in [3.05, 3.63) is 33.8 Å². The normalized spacial score (nSPS) is 16.1. The van der Waals surface area contributed by atoms with Gasteiger partial charge in [0, 0.05) is 36.2 Å². The summed E-state index contributed by atoms with van der Waals surface area (Å²) in [6, 6.07) is 5.19. The lowest BCUT2D eigenvalue weighted by atomic mass is 10.1. The zero-order valence-corrected chi connectivity index (χ0v) is 15.4. The van der Waals surface area contributed by atoms with Crippen LogP contribution in [-0.4, -0.2) is 43.5 Å². The van der Waals surface area contributed by atoms with Gasteiger partial charge in [0.1, 0.15) is 0 Å². The highest BCUT2D eigenvalue weighted by molar-refractivity contribution is 6.35. The van der Waals surface area contributed by atoms with Crippen LogP contribution in [-0.2, 0) is 4.79 Å². The Kier molecular flexibility index (Phi) is 10.4. The second-order valence-electron chi connectivity index (χ2n) is 4.98. The van der Waals surface area contributed by atoms with Crippen LogP contribution < -0.4 is 10.6 Å².